The zero-order valence-corrected chi connectivity index (χ0v) is 12.3. The molecule has 1 heterocycles. The third kappa shape index (κ3) is 3.36. The van der Waals surface area contributed by atoms with Crippen LogP contribution in [0.1, 0.15) is 24.8 Å². The minimum Gasteiger partial charge on any atom is -0.492 e. The fourth-order valence-corrected chi connectivity index (χ4v) is 3.29. The normalized spacial score (nSPS) is 25.5. The summed E-state index contributed by atoms with van der Waals surface area (Å²) in [5, 5.41) is 7.36. The molecule has 1 aromatic carbocycles. The van der Waals surface area contributed by atoms with E-state index < -0.39 is 0 Å². The van der Waals surface area contributed by atoms with Crippen LogP contribution in [0, 0.1) is 5.41 Å². The van der Waals surface area contributed by atoms with Crippen molar-refractivity contribution in [1.82, 2.24) is 4.90 Å². The van der Waals surface area contributed by atoms with E-state index in [2.05, 4.69) is 4.90 Å². The summed E-state index contributed by atoms with van der Waals surface area (Å²) in [4.78, 5) is 2.51. The first-order chi connectivity index (χ1) is 10.2. The third-order valence-corrected chi connectivity index (χ3v) is 4.41. The highest BCUT2D eigenvalue weighted by Crippen LogP contribution is 2.29. The summed E-state index contributed by atoms with van der Waals surface area (Å²) in [6.45, 7) is 3.48. The molecular formula is C16H23N3O2. The first kappa shape index (κ1) is 14.4. The fraction of sp³-hybridized carbons (Fsp3) is 0.562. The topological polar surface area (TPSA) is 71.6 Å². The van der Waals surface area contributed by atoms with Crippen LogP contribution in [-0.2, 0) is 4.74 Å². The van der Waals surface area contributed by atoms with Gasteiger partial charge in [-0.05, 0) is 43.5 Å². The van der Waals surface area contributed by atoms with Gasteiger partial charge in [-0.3, -0.25) is 10.3 Å². The van der Waals surface area contributed by atoms with Crippen molar-refractivity contribution in [2.24, 2.45) is 5.73 Å². The number of nitrogen functional groups attached to an aromatic ring is 1. The molecule has 3 rings (SSSR count). The van der Waals surface area contributed by atoms with Crippen molar-refractivity contribution in [3.8, 4) is 5.75 Å². The van der Waals surface area contributed by atoms with Gasteiger partial charge in [0.1, 0.15) is 18.2 Å². The molecule has 5 nitrogen and oxygen atoms in total. The van der Waals surface area contributed by atoms with E-state index in [1.165, 1.54) is 19.3 Å². The highest BCUT2D eigenvalue weighted by Gasteiger charge is 2.35. The molecule has 2 unspecified atom stereocenters. The van der Waals surface area contributed by atoms with Crippen molar-refractivity contribution in [2.45, 2.75) is 31.4 Å². The quantitative estimate of drug-likeness (QED) is 0.638. The Hall–Kier alpha value is -1.59. The lowest BCUT2D eigenvalue weighted by Crippen LogP contribution is -2.49. The molecule has 1 saturated carbocycles. The average molecular weight is 289 g/mol. The smallest absolute Gasteiger partial charge is 0.122 e. The van der Waals surface area contributed by atoms with Crippen LogP contribution in [0.4, 0.5) is 0 Å². The van der Waals surface area contributed by atoms with E-state index in [1.54, 1.807) is 0 Å². The molecule has 1 aliphatic carbocycles. The van der Waals surface area contributed by atoms with Crippen LogP contribution < -0.4 is 10.5 Å². The Balaban J connectivity index is 1.48. The van der Waals surface area contributed by atoms with E-state index in [9.17, 15) is 0 Å². The van der Waals surface area contributed by atoms with E-state index in [-0.39, 0.29) is 5.84 Å². The Morgan fingerprint density at radius 1 is 1.33 bits per heavy atom. The van der Waals surface area contributed by atoms with E-state index in [0.717, 1.165) is 31.0 Å². The van der Waals surface area contributed by atoms with Gasteiger partial charge in [0, 0.05) is 24.7 Å². The highest BCUT2D eigenvalue weighted by atomic mass is 16.5. The molecule has 1 aromatic rings. The molecule has 2 aliphatic rings. The van der Waals surface area contributed by atoms with Gasteiger partial charge in [-0.2, -0.15) is 0 Å². The van der Waals surface area contributed by atoms with Crippen LogP contribution in [0.15, 0.2) is 24.3 Å². The zero-order chi connectivity index (χ0) is 14.7. The van der Waals surface area contributed by atoms with Gasteiger partial charge in [0.25, 0.3) is 0 Å². The second kappa shape index (κ2) is 6.45. The van der Waals surface area contributed by atoms with Gasteiger partial charge < -0.3 is 15.2 Å². The Morgan fingerprint density at radius 3 is 2.90 bits per heavy atom. The van der Waals surface area contributed by atoms with E-state index >= 15 is 0 Å². The summed E-state index contributed by atoms with van der Waals surface area (Å²) < 4.78 is 11.6. The molecule has 21 heavy (non-hydrogen) atoms. The summed E-state index contributed by atoms with van der Waals surface area (Å²) >= 11 is 0. The van der Waals surface area contributed by atoms with E-state index in [4.69, 9.17) is 20.6 Å². The number of hydrogen-bond donors (Lipinski definition) is 2. The monoisotopic (exact) mass is 289 g/mol. The van der Waals surface area contributed by atoms with Gasteiger partial charge in [-0.25, -0.2) is 0 Å². The van der Waals surface area contributed by atoms with E-state index in [1.807, 2.05) is 24.3 Å². The van der Waals surface area contributed by atoms with Crippen LogP contribution in [0.3, 0.4) is 0 Å². The summed E-state index contributed by atoms with van der Waals surface area (Å²) in [6, 6.07) is 7.96. The van der Waals surface area contributed by atoms with Crippen molar-refractivity contribution >= 4 is 5.84 Å². The first-order valence-corrected chi connectivity index (χ1v) is 7.67. The first-order valence-electron chi connectivity index (χ1n) is 7.67. The lowest BCUT2D eigenvalue weighted by atomic mass is 10.1. The molecule has 1 aliphatic heterocycles. The number of ether oxygens (including phenoxy) is 2. The van der Waals surface area contributed by atoms with Crippen LogP contribution >= 0.6 is 0 Å². The standard InChI is InChI=1S/C16H23N3O2/c17-16(18)12-4-6-13(7-5-12)20-10-8-19-9-11-21-15-3-1-2-14(15)19/h4-7,14-15H,1-3,8-11H2,(H3,17,18). The Kier molecular flexibility index (Phi) is 4.41. The maximum atomic E-state index is 7.36. The molecule has 114 valence electrons. The molecule has 0 amide bonds. The summed E-state index contributed by atoms with van der Waals surface area (Å²) in [5.74, 6) is 0.915. The Bertz CT molecular complexity index is 489. The number of nitrogens with zero attached hydrogens (tertiary/aromatic N) is 1. The molecule has 2 fully saturated rings. The molecule has 2 atom stereocenters. The molecular weight excluding hydrogens is 266 g/mol. The third-order valence-electron chi connectivity index (χ3n) is 4.41. The van der Waals surface area contributed by atoms with Crippen molar-refractivity contribution in [2.75, 3.05) is 26.3 Å². The predicted molar refractivity (Wildman–Crippen MR) is 81.9 cm³/mol. The fourth-order valence-electron chi connectivity index (χ4n) is 3.29. The molecule has 0 aromatic heterocycles. The number of nitrogens with one attached hydrogen (secondary N) is 1. The number of nitrogens with two attached hydrogens (primary N) is 1. The molecule has 0 spiro atoms. The van der Waals surface area contributed by atoms with E-state index in [0.29, 0.717) is 18.8 Å². The maximum Gasteiger partial charge on any atom is 0.122 e. The van der Waals surface area contributed by atoms with Crippen LogP contribution in [0.2, 0.25) is 0 Å². The average Bonchev–Trinajstić information content (AvgIpc) is 2.97. The minimum absolute atomic E-state index is 0.0853. The predicted octanol–water partition coefficient (Wildman–Crippen LogP) is 1.60. The van der Waals surface area contributed by atoms with Gasteiger partial charge in [0.05, 0.1) is 12.7 Å². The van der Waals surface area contributed by atoms with Gasteiger partial charge in [0.2, 0.25) is 0 Å². The second-order valence-corrected chi connectivity index (χ2v) is 5.73. The molecule has 3 N–H and O–H groups in total. The Morgan fingerprint density at radius 2 is 2.14 bits per heavy atom. The minimum atomic E-state index is 0.0853. The number of morpholine rings is 1. The molecule has 0 bridgehead atoms. The Labute approximate surface area is 125 Å². The van der Waals surface area contributed by atoms with Crippen molar-refractivity contribution in [1.29, 1.82) is 5.41 Å². The zero-order valence-electron chi connectivity index (χ0n) is 12.3. The van der Waals surface area contributed by atoms with Gasteiger partial charge >= 0.3 is 0 Å². The van der Waals surface area contributed by atoms with Gasteiger partial charge in [-0.1, -0.05) is 0 Å². The number of rotatable bonds is 5. The maximum absolute atomic E-state index is 7.36. The lowest BCUT2D eigenvalue weighted by molar-refractivity contribution is -0.0583. The summed E-state index contributed by atoms with van der Waals surface area (Å²) in [5.41, 5.74) is 6.16. The number of fused-ring (bicyclic) bond motifs is 1. The molecule has 0 radical (unpaired) electrons. The number of hydrogen-bond acceptors (Lipinski definition) is 4. The van der Waals surface area contributed by atoms with Gasteiger partial charge in [-0.15, -0.1) is 0 Å². The SMILES string of the molecule is N=C(N)c1ccc(OCCN2CCOC3CCCC32)cc1. The largest absolute Gasteiger partial charge is 0.492 e. The number of benzene rings is 1. The summed E-state index contributed by atoms with van der Waals surface area (Å²) in [6.07, 6.45) is 4.17. The van der Waals surface area contributed by atoms with Crippen molar-refractivity contribution in [3.05, 3.63) is 29.8 Å². The van der Waals surface area contributed by atoms with Crippen LogP contribution in [0.5, 0.6) is 5.75 Å². The second-order valence-electron chi connectivity index (χ2n) is 5.73. The van der Waals surface area contributed by atoms with Gasteiger partial charge in [0.15, 0.2) is 0 Å². The lowest BCUT2D eigenvalue weighted by Gasteiger charge is -2.37. The van der Waals surface area contributed by atoms with Crippen molar-refractivity contribution in [3.63, 3.8) is 0 Å². The number of amidine groups is 1. The summed E-state index contributed by atoms with van der Waals surface area (Å²) in [7, 11) is 0. The molecule has 5 heteroatoms. The van der Waals surface area contributed by atoms with Crippen LogP contribution in [0.25, 0.3) is 0 Å². The van der Waals surface area contributed by atoms with Crippen LogP contribution in [-0.4, -0.2) is 49.2 Å². The molecule has 1 saturated heterocycles. The highest BCUT2D eigenvalue weighted by molar-refractivity contribution is 5.94. The van der Waals surface area contributed by atoms with Crippen molar-refractivity contribution < 1.29 is 9.47 Å².